The summed E-state index contributed by atoms with van der Waals surface area (Å²) in [5.74, 6) is -1.97. The number of phosphoric acid groups is 1. The molecule has 0 amide bonds. The van der Waals surface area contributed by atoms with Crippen molar-refractivity contribution < 1.29 is 56.6 Å². The molecule has 0 bridgehead atoms. The number of esters is 4. The van der Waals surface area contributed by atoms with E-state index in [0.717, 1.165) is 103 Å². The van der Waals surface area contributed by atoms with Crippen LogP contribution in [-0.2, 0) is 51.7 Å². The predicted molar refractivity (Wildman–Crippen MR) is 197 cm³/mol. The minimum atomic E-state index is -4.77. The zero-order chi connectivity index (χ0) is 38.0. The molecule has 0 rings (SSSR count). The van der Waals surface area contributed by atoms with E-state index in [1.807, 2.05) is 0 Å². The molecule has 0 spiro atoms. The highest BCUT2D eigenvalue weighted by atomic mass is 31.2. The second-order valence-corrected chi connectivity index (χ2v) is 14.8. The zero-order valence-corrected chi connectivity index (χ0v) is 33.2. The molecule has 0 aromatic rings. The van der Waals surface area contributed by atoms with E-state index < -0.39 is 57.1 Å². The topological polar surface area (TPSA) is 161 Å². The monoisotopic (exact) mass is 750 g/mol. The van der Waals surface area contributed by atoms with Crippen LogP contribution in [0.15, 0.2) is 0 Å². The third-order valence-electron chi connectivity index (χ3n) is 8.24. The van der Waals surface area contributed by atoms with Crippen LogP contribution in [0.4, 0.5) is 0 Å². The smallest absolute Gasteiger partial charge is 0.462 e. The maximum Gasteiger partial charge on any atom is 0.472 e. The minimum absolute atomic E-state index is 0.155. The van der Waals surface area contributed by atoms with Gasteiger partial charge in [0.15, 0.2) is 12.2 Å². The summed E-state index contributed by atoms with van der Waals surface area (Å²) in [6.07, 6.45) is 17.4. The Morgan fingerprint density at radius 1 is 0.431 bits per heavy atom. The molecule has 0 saturated heterocycles. The van der Waals surface area contributed by atoms with E-state index in [4.69, 9.17) is 28.0 Å². The van der Waals surface area contributed by atoms with Gasteiger partial charge in [0.1, 0.15) is 13.2 Å². The number of carbonyl (C=O) groups excluding carboxylic acids is 4. The standard InChI is InChI=1S/C38H71O12P/c1-5-9-13-17-21-25-35(39)45-29-33(49-37(41)27-23-19-15-11-7-3)31-47-51(43,44)48-32-34(50-38(42)28-24-20-16-12-8-4)30-46-36(40)26-22-18-14-10-6-2/h33-34H,5-32H2,1-4H3,(H,43,44). The maximum atomic E-state index is 12.9. The summed E-state index contributed by atoms with van der Waals surface area (Å²) in [4.78, 5) is 60.2. The summed E-state index contributed by atoms with van der Waals surface area (Å²) < 4.78 is 44.7. The first kappa shape index (κ1) is 49.0. The highest BCUT2D eigenvalue weighted by Crippen LogP contribution is 2.43. The molecular formula is C38H71O12P. The lowest BCUT2D eigenvalue weighted by molar-refractivity contribution is -0.162. The molecule has 0 fully saturated rings. The Kier molecular flexibility index (Phi) is 32.5. The van der Waals surface area contributed by atoms with Crippen LogP contribution in [-0.4, -0.2) is 67.4 Å². The van der Waals surface area contributed by atoms with Crippen LogP contribution in [0.3, 0.4) is 0 Å². The molecule has 13 heteroatoms. The van der Waals surface area contributed by atoms with Crippen molar-refractivity contribution in [3.63, 3.8) is 0 Å². The first-order valence-corrected chi connectivity index (χ1v) is 21.4. The van der Waals surface area contributed by atoms with Crippen LogP contribution >= 0.6 is 7.82 Å². The summed E-state index contributed by atoms with van der Waals surface area (Å²) in [5, 5.41) is 0. The lowest BCUT2D eigenvalue weighted by atomic mass is 10.1. The normalized spacial score (nSPS) is 13.6. The van der Waals surface area contributed by atoms with Crippen molar-refractivity contribution in [3.05, 3.63) is 0 Å². The lowest BCUT2D eigenvalue weighted by Gasteiger charge is -2.22. The molecule has 0 heterocycles. The molecule has 51 heavy (non-hydrogen) atoms. The van der Waals surface area contributed by atoms with Gasteiger partial charge in [-0.15, -0.1) is 0 Å². The Balaban J connectivity index is 5.22. The molecule has 12 nitrogen and oxygen atoms in total. The van der Waals surface area contributed by atoms with Gasteiger partial charge in [0.25, 0.3) is 0 Å². The van der Waals surface area contributed by atoms with Gasteiger partial charge in [0.05, 0.1) is 13.2 Å². The van der Waals surface area contributed by atoms with Crippen molar-refractivity contribution >= 4 is 31.7 Å². The fraction of sp³-hybridized carbons (Fsp3) is 0.895. The van der Waals surface area contributed by atoms with Crippen LogP contribution in [0.5, 0.6) is 0 Å². The molecule has 0 saturated carbocycles. The van der Waals surface area contributed by atoms with Crippen molar-refractivity contribution in [1.82, 2.24) is 0 Å². The molecule has 2 unspecified atom stereocenters. The number of carbonyl (C=O) groups is 4. The van der Waals surface area contributed by atoms with Gasteiger partial charge in [0, 0.05) is 25.7 Å². The third kappa shape index (κ3) is 32.4. The number of unbranched alkanes of at least 4 members (excludes halogenated alkanes) is 16. The molecule has 0 aromatic heterocycles. The van der Waals surface area contributed by atoms with Crippen molar-refractivity contribution in [1.29, 1.82) is 0 Å². The average molecular weight is 751 g/mol. The van der Waals surface area contributed by atoms with E-state index in [2.05, 4.69) is 27.7 Å². The minimum Gasteiger partial charge on any atom is -0.462 e. The van der Waals surface area contributed by atoms with Gasteiger partial charge in [-0.3, -0.25) is 28.2 Å². The summed E-state index contributed by atoms with van der Waals surface area (Å²) in [7, 11) is -4.77. The molecule has 1 N–H and O–H groups in total. The highest BCUT2D eigenvalue weighted by molar-refractivity contribution is 7.47. The van der Waals surface area contributed by atoms with E-state index >= 15 is 0 Å². The highest BCUT2D eigenvalue weighted by Gasteiger charge is 2.29. The first-order chi connectivity index (χ1) is 24.6. The number of rotatable bonds is 36. The number of phosphoric ester groups is 1. The van der Waals surface area contributed by atoms with Crippen molar-refractivity contribution in [2.24, 2.45) is 0 Å². The van der Waals surface area contributed by atoms with Gasteiger partial charge in [-0.2, -0.15) is 0 Å². The Hall–Kier alpha value is -2.01. The van der Waals surface area contributed by atoms with Gasteiger partial charge in [-0.1, -0.05) is 130 Å². The fourth-order valence-electron chi connectivity index (χ4n) is 5.12. The average Bonchev–Trinajstić information content (AvgIpc) is 3.10. The Labute approximate surface area is 308 Å². The summed E-state index contributed by atoms with van der Waals surface area (Å²) in [5.41, 5.74) is 0. The lowest BCUT2D eigenvalue weighted by Crippen LogP contribution is -2.31. The summed E-state index contributed by atoms with van der Waals surface area (Å²) in [6.45, 7) is 6.58. The van der Waals surface area contributed by atoms with Crippen LogP contribution in [0, 0.1) is 0 Å². The molecule has 0 aliphatic carbocycles. The predicted octanol–water partition coefficient (Wildman–Crippen LogP) is 9.47. The van der Waals surface area contributed by atoms with Crippen LogP contribution in [0.1, 0.15) is 182 Å². The second kappa shape index (κ2) is 33.8. The Bertz CT molecular complexity index is 874. The Morgan fingerprint density at radius 3 is 1.00 bits per heavy atom. The van der Waals surface area contributed by atoms with E-state index in [1.165, 1.54) is 0 Å². The van der Waals surface area contributed by atoms with Gasteiger partial charge < -0.3 is 23.8 Å². The molecule has 2 atom stereocenters. The van der Waals surface area contributed by atoms with Crippen molar-refractivity contribution in [2.45, 2.75) is 194 Å². The van der Waals surface area contributed by atoms with E-state index in [-0.39, 0.29) is 38.9 Å². The van der Waals surface area contributed by atoms with Crippen molar-refractivity contribution in [2.75, 3.05) is 26.4 Å². The van der Waals surface area contributed by atoms with E-state index in [1.54, 1.807) is 0 Å². The van der Waals surface area contributed by atoms with E-state index in [0.29, 0.717) is 25.7 Å². The molecule has 300 valence electrons. The number of ether oxygens (including phenoxy) is 4. The molecule has 0 aromatic carbocycles. The van der Waals surface area contributed by atoms with Crippen molar-refractivity contribution in [3.8, 4) is 0 Å². The van der Waals surface area contributed by atoms with Gasteiger partial charge >= 0.3 is 31.7 Å². The van der Waals surface area contributed by atoms with E-state index in [9.17, 15) is 28.6 Å². The third-order valence-corrected chi connectivity index (χ3v) is 9.19. The van der Waals surface area contributed by atoms with Crippen LogP contribution in [0.2, 0.25) is 0 Å². The SMILES string of the molecule is CCCCCCCC(=O)OCC(COP(=O)(O)OCC(COC(=O)CCCCCCC)OC(=O)CCCCCCC)OC(=O)CCCCCCC. The maximum absolute atomic E-state index is 12.9. The van der Waals surface area contributed by atoms with Crippen LogP contribution in [0.25, 0.3) is 0 Å². The van der Waals surface area contributed by atoms with Gasteiger partial charge in [-0.25, -0.2) is 4.57 Å². The van der Waals surface area contributed by atoms with Gasteiger partial charge in [0.2, 0.25) is 0 Å². The molecule has 0 aliphatic heterocycles. The Morgan fingerprint density at radius 2 is 0.706 bits per heavy atom. The quantitative estimate of drug-likeness (QED) is 0.0280. The zero-order valence-electron chi connectivity index (χ0n) is 32.3. The van der Waals surface area contributed by atoms with Crippen LogP contribution < -0.4 is 0 Å². The first-order valence-electron chi connectivity index (χ1n) is 19.9. The molecule has 0 aliphatic rings. The largest absolute Gasteiger partial charge is 0.472 e. The number of hydrogen-bond donors (Lipinski definition) is 1. The second-order valence-electron chi connectivity index (χ2n) is 13.3. The number of hydrogen-bond acceptors (Lipinski definition) is 11. The van der Waals surface area contributed by atoms with Gasteiger partial charge in [-0.05, 0) is 25.7 Å². The molecule has 0 radical (unpaired) electrons. The molecular weight excluding hydrogens is 679 g/mol. The summed E-state index contributed by atoms with van der Waals surface area (Å²) in [6, 6.07) is 0. The fourth-order valence-corrected chi connectivity index (χ4v) is 5.91. The summed E-state index contributed by atoms with van der Waals surface area (Å²) >= 11 is 0.